The van der Waals surface area contributed by atoms with Gasteiger partial charge in [0.25, 0.3) is 5.56 Å². The Hall–Kier alpha value is -2.42. The summed E-state index contributed by atoms with van der Waals surface area (Å²) in [7, 11) is 1.78. The Labute approximate surface area is 175 Å². The Balaban J connectivity index is 1.65. The molecule has 1 aliphatic heterocycles. The van der Waals surface area contributed by atoms with Crippen LogP contribution < -0.4 is 5.56 Å². The summed E-state index contributed by atoms with van der Waals surface area (Å²) in [5.74, 6) is 0. The Morgan fingerprint density at radius 2 is 1.97 bits per heavy atom. The van der Waals surface area contributed by atoms with Crippen LogP contribution in [0.15, 0.2) is 17.3 Å². The van der Waals surface area contributed by atoms with E-state index in [2.05, 4.69) is 9.97 Å². The first-order chi connectivity index (χ1) is 14.1. The molecule has 4 rings (SSSR count). The van der Waals surface area contributed by atoms with Crippen LogP contribution in [0.25, 0.3) is 11.0 Å². The van der Waals surface area contributed by atoms with Crippen LogP contribution in [0.1, 0.15) is 52.9 Å². The van der Waals surface area contributed by atoms with Crippen LogP contribution in [0.5, 0.6) is 0 Å². The SMILES string of the molecule is Cn1c2ncncc2c(=O)n1CC1(O)CCN(C(=O)OC(C)(C)C)CC12CCCC2. The average Bonchev–Trinajstić information content (AvgIpc) is 3.24. The molecule has 2 aromatic rings. The summed E-state index contributed by atoms with van der Waals surface area (Å²) in [6.45, 7) is 6.56. The summed E-state index contributed by atoms with van der Waals surface area (Å²) >= 11 is 0. The van der Waals surface area contributed by atoms with Crippen LogP contribution in [0.2, 0.25) is 0 Å². The minimum atomic E-state index is -1.10. The van der Waals surface area contributed by atoms with Crippen molar-refractivity contribution >= 4 is 17.1 Å². The van der Waals surface area contributed by atoms with E-state index < -0.39 is 16.6 Å². The zero-order valence-electron chi connectivity index (χ0n) is 18.2. The molecular weight excluding hydrogens is 386 g/mol. The summed E-state index contributed by atoms with van der Waals surface area (Å²) in [6.07, 6.45) is 6.63. The van der Waals surface area contributed by atoms with E-state index in [1.54, 1.807) is 21.3 Å². The number of ether oxygens (including phenoxy) is 1. The van der Waals surface area contributed by atoms with Gasteiger partial charge in [0.05, 0.1) is 12.1 Å². The fourth-order valence-corrected chi connectivity index (χ4v) is 5.13. The third-order valence-electron chi connectivity index (χ3n) is 6.72. The summed E-state index contributed by atoms with van der Waals surface area (Å²) in [6, 6.07) is 0. The Kier molecular flexibility index (Phi) is 4.91. The monoisotopic (exact) mass is 417 g/mol. The highest BCUT2D eigenvalue weighted by Gasteiger charge is 2.56. The highest BCUT2D eigenvalue weighted by Crippen LogP contribution is 2.51. The van der Waals surface area contributed by atoms with E-state index >= 15 is 0 Å². The molecule has 2 aliphatic rings. The number of carbonyl (C=O) groups excluding carboxylic acids is 1. The van der Waals surface area contributed by atoms with Crippen molar-refractivity contribution in [3.8, 4) is 0 Å². The predicted molar refractivity (Wildman–Crippen MR) is 111 cm³/mol. The second-order valence-electron chi connectivity index (χ2n) is 9.82. The number of hydrogen-bond acceptors (Lipinski definition) is 6. The molecule has 1 unspecified atom stereocenters. The van der Waals surface area contributed by atoms with Gasteiger partial charge in [-0.1, -0.05) is 12.8 Å². The number of likely N-dealkylation sites (tertiary alicyclic amines) is 1. The zero-order valence-corrected chi connectivity index (χ0v) is 18.2. The fraction of sp³-hybridized carbons (Fsp3) is 0.714. The summed E-state index contributed by atoms with van der Waals surface area (Å²) < 4.78 is 8.83. The smallest absolute Gasteiger partial charge is 0.410 e. The number of carbonyl (C=O) groups is 1. The van der Waals surface area contributed by atoms with Crippen molar-refractivity contribution in [2.75, 3.05) is 13.1 Å². The minimum Gasteiger partial charge on any atom is -0.444 e. The molecule has 30 heavy (non-hydrogen) atoms. The number of aromatic nitrogens is 4. The molecule has 9 nitrogen and oxygen atoms in total. The van der Waals surface area contributed by atoms with Gasteiger partial charge in [-0.2, -0.15) is 0 Å². The average molecular weight is 418 g/mol. The van der Waals surface area contributed by atoms with Crippen molar-refractivity contribution in [1.82, 2.24) is 24.2 Å². The number of amides is 1. The first-order valence-electron chi connectivity index (χ1n) is 10.6. The number of aliphatic hydroxyl groups is 1. The second kappa shape index (κ2) is 7.08. The molecular formula is C21H31N5O4. The van der Waals surface area contributed by atoms with E-state index in [-0.39, 0.29) is 18.2 Å². The number of hydrogen-bond donors (Lipinski definition) is 1. The van der Waals surface area contributed by atoms with E-state index in [1.165, 1.54) is 12.5 Å². The maximum atomic E-state index is 13.0. The van der Waals surface area contributed by atoms with Gasteiger partial charge in [-0.15, -0.1) is 0 Å². The van der Waals surface area contributed by atoms with Gasteiger partial charge in [0.1, 0.15) is 17.3 Å². The number of rotatable bonds is 2. The van der Waals surface area contributed by atoms with Crippen LogP contribution in [0.3, 0.4) is 0 Å². The molecule has 0 radical (unpaired) electrons. The number of piperidine rings is 1. The highest BCUT2D eigenvalue weighted by molar-refractivity contribution is 5.72. The Bertz CT molecular complexity index is 1010. The zero-order chi connectivity index (χ0) is 21.7. The fourth-order valence-electron chi connectivity index (χ4n) is 5.13. The van der Waals surface area contributed by atoms with Crippen LogP contribution >= 0.6 is 0 Å². The van der Waals surface area contributed by atoms with E-state index in [0.29, 0.717) is 30.5 Å². The van der Waals surface area contributed by atoms with Crippen molar-refractivity contribution in [2.45, 2.75) is 70.6 Å². The van der Waals surface area contributed by atoms with E-state index in [0.717, 1.165) is 25.7 Å². The van der Waals surface area contributed by atoms with Gasteiger partial charge >= 0.3 is 6.09 Å². The Morgan fingerprint density at radius 1 is 1.27 bits per heavy atom. The van der Waals surface area contributed by atoms with Crippen LogP contribution in [-0.2, 0) is 18.3 Å². The normalized spacial score (nSPS) is 24.0. The molecule has 164 valence electrons. The topological polar surface area (TPSA) is 102 Å². The Morgan fingerprint density at radius 3 is 2.60 bits per heavy atom. The molecule has 3 heterocycles. The first kappa shape index (κ1) is 20.8. The molecule has 1 spiro atoms. The van der Waals surface area contributed by atoms with Gasteiger partial charge in [0.2, 0.25) is 0 Å². The van der Waals surface area contributed by atoms with Gasteiger partial charge in [-0.3, -0.25) is 9.48 Å². The summed E-state index contributed by atoms with van der Waals surface area (Å²) in [5, 5.41) is 12.3. The van der Waals surface area contributed by atoms with E-state index in [9.17, 15) is 14.7 Å². The van der Waals surface area contributed by atoms with Crippen LogP contribution in [-0.4, -0.2) is 59.7 Å². The predicted octanol–water partition coefficient (Wildman–Crippen LogP) is 2.06. The van der Waals surface area contributed by atoms with Gasteiger partial charge in [-0.05, 0) is 40.0 Å². The maximum Gasteiger partial charge on any atom is 0.410 e. The number of nitrogens with zero attached hydrogens (tertiary/aromatic N) is 5. The lowest BCUT2D eigenvalue weighted by molar-refractivity contribution is -0.142. The second-order valence-corrected chi connectivity index (χ2v) is 9.82. The minimum absolute atomic E-state index is 0.168. The molecule has 0 bridgehead atoms. The molecule has 9 heteroatoms. The molecule has 1 atom stereocenters. The number of aryl methyl sites for hydroxylation is 1. The van der Waals surface area contributed by atoms with Crippen molar-refractivity contribution in [3.63, 3.8) is 0 Å². The molecule has 0 aromatic carbocycles. The van der Waals surface area contributed by atoms with Gasteiger partial charge in [-0.25, -0.2) is 19.4 Å². The molecule has 1 amide bonds. The van der Waals surface area contributed by atoms with Crippen LogP contribution in [0.4, 0.5) is 4.79 Å². The van der Waals surface area contributed by atoms with Gasteiger partial charge in [0, 0.05) is 31.7 Å². The molecule has 1 saturated carbocycles. The third-order valence-corrected chi connectivity index (χ3v) is 6.72. The third kappa shape index (κ3) is 3.38. The largest absolute Gasteiger partial charge is 0.444 e. The van der Waals surface area contributed by atoms with E-state index in [4.69, 9.17) is 4.74 Å². The van der Waals surface area contributed by atoms with Crippen LogP contribution in [0, 0.1) is 5.41 Å². The molecule has 2 fully saturated rings. The maximum absolute atomic E-state index is 13.0. The van der Waals surface area contributed by atoms with Crippen molar-refractivity contribution in [1.29, 1.82) is 0 Å². The quantitative estimate of drug-likeness (QED) is 0.802. The van der Waals surface area contributed by atoms with Crippen molar-refractivity contribution in [2.24, 2.45) is 12.5 Å². The molecule has 1 aliphatic carbocycles. The van der Waals surface area contributed by atoms with E-state index in [1.807, 2.05) is 20.8 Å². The van der Waals surface area contributed by atoms with Gasteiger partial charge < -0.3 is 14.7 Å². The highest BCUT2D eigenvalue weighted by atomic mass is 16.6. The lowest BCUT2D eigenvalue weighted by Gasteiger charge is -2.52. The van der Waals surface area contributed by atoms with Crippen molar-refractivity contribution < 1.29 is 14.6 Å². The van der Waals surface area contributed by atoms with Crippen molar-refractivity contribution in [3.05, 3.63) is 22.9 Å². The number of fused-ring (bicyclic) bond motifs is 1. The molecule has 2 aromatic heterocycles. The summed E-state index contributed by atoms with van der Waals surface area (Å²) in [5.41, 5.74) is -1.77. The molecule has 1 saturated heterocycles. The lowest BCUT2D eigenvalue weighted by atomic mass is 9.66. The molecule has 1 N–H and O–H groups in total. The van der Waals surface area contributed by atoms with Gasteiger partial charge in [0.15, 0.2) is 5.65 Å². The summed E-state index contributed by atoms with van der Waals surface area (Å²) in [4.78, 5) is 35.6. The first-order valence-corrected chi connectivity index (χ1v) is 10.6. The lowest BCUT2D eigenvalue weighted by Crippen LogP contribution is -2.62. The standard InChI is InChI=1S/C21H31N5O4/c1-19(2,3)30-18(28)25-10-9-21(29,20(12-25)7-5-6-8-20)13-26-17(27)15-11-22-14-23-16(15)24(26)4/h11,14,29H,5-10,12-13H2,1-4H3.